The fraction of sp³-hybridized carbons (Fsp3) is 0.760. The van der Waals surface area contributed by atoms with Gasteiger partial charge in [0.2, 0.25) is 5.91 Å². The van der Waals surface area contributed by atoms with Crippen LogP contribution in [0, 0.1) is 0 Å². The molecule has 0 fully saturated rings. The summed E-state index contributed by atoms with van der Waals surface area (Å²) in [5.41, 5.74) is 0. The number of quaternary nitrogens is 1. The molecular weight excluding hydrogens is 1070 g/mol. The number of likely N-dealkylation sites (N-methyl/N-ethyl adjacent to an activating group) is 1. The molecule has 85 heavy (non-hydrogen) atoms. The molecule has 0 saturated carbocycles. The second-order valence-corrected chi connectivity index (χ2v) is 26.5. The summed E-state index contributed by atoms with van der Waals surface area (Å²) in [7, 11) is 1.48. The van der Waals surface area contributed by atoms with Crippen LogP contribution in [0.3, 0.4) is 0 Å². The zero-order chi connectivity index (χ0) is 62.1. The Labute approximate surface area is 526 Å². The number of carbonyl (C=O) groups is 2. The van der Waals surface area contributed by atoms with Crippen LogP contribution in [0.25, 0.3) is 0 Å². The Morgan fingerprint density at radius 3 is 1.15 bits per heavy atom. The van der Waals surface area contributed by atoms with Gasteiger partial charge in [0.25, 0.3) is 0 Å². The van der Waals surface area contributed by atoms with Crippen molar-refractivity contribution in [1.29, 1.82) is 0 Å². The summed E-state index contributed by atoms with van der Waals surface area (Å²) in [6.45, 7) is 6.89. The normalized spacial score (nSPS) is 14.1. The number of phosphoric ester groups is 1. The van der Waals surface area contributed by atoms with Crippen LogP contribution in [0.2, 0.25) is 0 Å². The molecule has 0 aliphatic carbocycles. The van der Waals surface area contributed by atoms with E-state index in [1.165, 1.54) is 167 Å². The summed E-state index contributed by atoms with van der Waals surface area (Å²) in [5, 5.41) is 3.06. The lowest BCUT2D eigenvalue weighted by atomic mass is 10.0. The minimum absolute atomic E-state index is 0.0328. The molecule has 1 amide bonds. The Morgan fingerprint density at radius 2 is 0.753 bits per heavy atom. The van der Waals surface area contributed by atoms with Gasteiger partial charge in [0, 0.05) is 12.8 Å². The minimum Gasteiger partial charge on any atom is -0.456 e. The fourth-order valence-corrected chi connectivity index (χ4v) is 10.8. The number of nitrogens with zero attached hydrogens (tertiary/aromatic N) is 1. The van der Waals surface area contributed by atoms with Crippen molar-refractivity contribution in [2.24, 2.45) is 0 Å². The number of allylic oxidation sites excluding steroid dienone is 15. The second kappa shape index (κ2) is 63.9. The van der Waals surface area contributed by atoms with Gasteiger partial charge >= 0.3 is 13.8 Å². The average molecular weight is 1210 g/mol. The Hall–Kier alpha value is -3.07. The summed E-state index contributed by atoms with van der Waals surface area (Å²) in [5.74, 6) is -0.522. The quantitative estimate of drug-likeness (QED) is 0.0205. The van der Waals surface area contributed by atoms with Crippen molar-refractivity contribution >= 4 is 19.7 Å². The molecule has 2 N–H and O–H groups in total. The molecule has 0 aromatic carbocycles. The van der Waals surface area contributed by atoms with E-state index in [-0.39, 0.29) is 31.5 Å². The van der Waals surface area contributed by atoms with Crippen molar-refractivity contribution in [2.45, 2.75) is 328 Å². The third kappa shape index (κ3) is 65.2. The molecule has 0 spiro atoms. The van der Waals surface area contributed by atoms with E-state index in [0.29, 0.717) is 17.4 Å². The maximum absolute atomic E-state index is 13.6. The second-order valence-electron chi connectivity index (χ2n) is 25.0. The Morgan fingerprint density at radius 1 is 0.424 bits per heavy atom. The van der Waals surface area contributed by atoms with E-state index in [0.717, 1.165) is 116 Å². The van der Waals surface area contributed by atoms with Gasteiger partial charge in [0.05, 0.1) is 33.8 Å². The van der Waals surface area contributed by atoms with Crippen LogP contribution in [0.5, 0.6) is 0 Å². The lowest BCUT2D eigenvalue weighted by Crippen LogP contribution is -2.47. The molecule has 0 rings (SSSR count). The van der Waals surface area contributed by atoms with Gasteiger partial charge in [0.15, 0.2) is 0 Å². The first-order valence-corrected chi connectivity index (χ1v) is 37.1. The largest absolute Gasteiger partial charge is 0.472 e. The molecule has 0 saturated heterocycles. The molecular formula is C75H136N2O7P+. The highest BCUT2D eigenvalue weighted by molar-refractivity contribution is 7.47. The highest BCUT2D eigenvalue weighted by Gasteiger charge is 2.30. The van der Waals surface area contributed by atoms with E-state index in [1.807, 2.05) is 33.3 Å². The van der Waals surface area contributed by atoms with Crippen molar-refractivity contribution in [3.63, 3.8) is 0 Å². The van der Waals surface area contributed by atoms with Crippen molar-refractivity contribution < 1.29 is 37.3 Å². The predicted molar refractivity (Wildman–Crippen MR) is 369 cm³/mol. The molecule has 3 atom stereocenters. The number of nitrogens with one attached hydrogen (secondary N) is 1. The monoisotopic (exact) mass is 1210 g/mol. The Bertz CT molecular complexity index is 1780. The number of ether oxygens (including phenoxy) is 1. The first kappa shape index (κ1) is 81.9. The van der Waals surface area contributed by atoms with E-state index in [4.69, 9.17) is 13.8 Å². The van der Waals surface area contributed by atoms with Crippen LogP contribution >= 0.6 is 7.82 Å². The number of hydrogen-bond donors (Lipinski definition) is 2. The van der Waals surface area contributed by atoms with Crippen molar-refractivity contribution in [3.05, 3.63) is 97.2 Å². The van der Waals surface area contributed by atoms with Crippen LogP contribution in [0.1, 0.15) is 316 Å². The highest BCUT2D eigenvalue weighted by Crippen LogP contribution is 2.43. The Balaban J connectivity index is 5.13. The lowest BCUT2D eigenvalue weighted by Gasteiger charge is -2.27. The van der Waals surface area contributed by atoms with E-state index < -0.39 is 20.0 Å². The summed E-state index contributed by atoms with van der Waals surface area (Å²) in [6, 6.07) is -0.865. The van der Waals surface area contributed by atoms with E-state index >= 15 is 0 Å². The molecule has 0 aromatic rings. The molecule has 3 unspecified atom stereocenters. The number of hydrogen-bond acceptors (Lipinski definition) is 6. The molecule has 0 aliphatic heterocycles. The molecule has 0 aliphatic rings. The lowest BCUT2D eigenvalue weighted by molar-refractivity contribution is -0.870. The molecule has 0 bridgehead atoms. The number of unbranched alkanes of at least 4 members (excludes halogenated alkanes) is 34. The summed E-state index contributed by atoms with van der Waals surface area (Å²) < 4.78 is 30.8. The van der Waals surface area contributed by atoms with Crippen LogP contribution in [0.4, 0.5) is 0 Å². The summed E-state index contributed by atoms with van der Waals surface area (Å²) in [4.78, 5) is 37.9. The number of rotatable bonds is 64. The molecule has 0 radical (unpaired) electrons. The smallest absolute Gasteiger partial charge is 0.456 e. The average Bonchev–Trinajstić information content (AvgIpc) is 3.50. The van der Waals surface area contributed by atoms with E-state index in [2.05, 4.69) is 111 Å². The predicted octanol–water partition coefficient (Wildman–Crippen LogP) is 22.7. The van der Waals surface area contributed by atoms with Crippen molar-refractivity contribution in [2.75, 3.05) is 40.9 Å². The first-order chi connectivity index (χ1) is 41.4. The standard InChI is InChI=1S/C75H135N2O7P/c1-7-10-13-16-19-22-25-28-30-32-34-36-37-38-39-41-43-45-47-50-53-56-59-62-65-68-75(79)84-73(66-63-60-57-54-51-48-27-24-21-18-15-12-9-3)72(71-83-85(80,81)82-70-69-77(4,5)6)76-74(78)67-64-61-58-55-52-49-46-44-42-40-35-33-31-29-26-23-20-17-14-11-8-2/h11,14,19-20,22-23,28-31,35,40,44,46,63,66,72-73H,7-10,12-13,15-18,21,24-27,32-34,36-39,41-43,45,47-62,64-65,67-71H2,1-6H3,(H-,76,78,80,81)/p+1/b14-11-,22-19-,23-20-,30-28-,31-29-,40-35-,46-44-,66-63+. The first-order valence-electron chi connectivity index (χ1n) is 35.6. The van der Waals surface area contributed by atoms with Crippen LogP contribution in [-0.4, -0.2) is 74.3 Å². The van der Waals surface area contributed by atoms with Gasteiger partial charge in [-0.2, -0.15) is 0 Å². The zero-order valence-electron chi connectivity index (χ0n) is 56.3. The number of esters is 1. The number of amides is 1. The van der Waals surface area contributed by atoms with Gasteiger partial charge in [-0.05, 0) is 109 Å². The van der Waals surface area contributed by atoms with Gasteiger partial charge in [-0.25, -0.2) is 4.57 Å². The van der Waals surface area contributed by atoms with Crippen LogP contribution in [0.15, 0.2) is 97.2 Å². The summed E-state index contributed by atoms with van der Waals surface area (Å²) >= 11 is 0. The van der Waals surface area contributed by atoms with Crippen molar-refractivity contribution in [3.8, 4) is 0 Å². The topological polar surface area (TPSA) is 111 Å². The number of phosphoric acid groups is 1. The molecule has 9 nitrogen and oxygen atoms in total. The Kier molecular flexibility index (Phi) is 61.6. The van der Waals surface area contributed by atoms with E-state index in [9.17, 15) is 19.0 Å². The minimum atomic E-state index is -4.47. The van der Waals surface area contributed by atoms with Gasteiger partial charge in [-0.1, -0.05) is 292 Å². The van der Waals surface area contributed by atoms with Crippen LogP contribution < -0.4 is 5.32 Å². The fourth-order valence-electron chi connectivity index (χ4n) is 10.1. The molecule has 492 valence electrons. The third-order valence-corrected chi connectivity index (χ3v) is 16.5. The van der Waals surface area contributed by atoms with Gasteiger partial charge in [-0.3, -0.25) is 18.6 Å². The zero-order valence-corrected chi connectivity index (χ0v) is 57.2. The summed E-state index contributed by atoms with van der Waals surface area (Å²) in [6.07, 6.45) is 87.0. The molecule has 10 heteroatoms. The number of carbonyl (C=O) groups excluding carboxylic acids is 2. The van der Waals surface area contributed by atoms with Gasteiger partial charge in [0.1, 0.15) is 19.3 Å². The van der Waals surface area contributed by atoms with Gasteiger partial charge < -0.3 is 19.4 Å². The maximum Gasteiger partial charge on any atom is 0.472 e. The SMILES string of the molecule is CC/C=C\C/C=C\C/C=C\C/C=C\C/C=C\CCCCCCCC(=O)NC(COP(=O)(O)OCC[N+](C)(C)C)C(/C=C/CCCCCCCCCCCCC)OC(=O)CCCCCCCCCCCCCCCCC/C=C\C/C=C\CCCCC. The maximum atomic E-state index is 13.6. The third-order valence-electron chi connectivity index (χ3n) is 15.5. The van der Waals surface area contributed by atoms with Crippen molar-refractivity contribution in [1.82, 2.24) is 5.32 Å². The molecule has 0 heterocycles. The van der Waals surface area contributed by atoms with Gasteiger partial charge in [-0.15, -0.1) is 0 Å². The van der Waals surface area contributed by atoms with E-state index in [1.54, 1.807) is 0 Å². The molecule has 0 aromatic heterocycles. The van der Waals surface area contributed by atoms with Crippen LogP contribution in [-0.2, 0) is 27.9 Å². The highest BCUT2D eigenvalue weighted by atomic mass is 31.2.